The Morgan fingerprint density at radius 2 is 1.90 bits per heavy atom. The summed E-state index contributed by atoms with van der Waals surface area (Å²) >= 11 is 0. The van der Waals surface area contributed by atoms with Crippen LogP contribution in [-0.4, -0.2) is 42.8 Å². The molecule has 20 heavy (non-hydrogen) atoms. The van der Waals surface area contributed by atoms with Crippen molar-refractivity contribution < 1.29 is 9.59 Å². The van der Waals surface area contributed by atoms with Gasteiger partial charge in [-0.05, 0) is 44.5 Å². The molecule has 0 bridgehead atoms. The molecule has 4 heteroatoms. The highest BCUT2D eigenvalue weighted by atomic mass is 16.1. The molecule has 0 aliphatic carbocycles. The Hall–Kier alpha value is -1.68. The summed E-state index contributed by atoms with van der Waals surface area (Å²) in [5.41, 5.74) is 1.42. The lowest BCUT2D eigenvalue weighted by Gasteiger charge is -2.15. The number of hydrogen-bond acceptors (Lipinski definition) is 3. The predicted octanol–water partition coefficient (Wildman–Crippen LogP) is 1.64. The molecule has 1 aromatic rings. The molecular formula is C16H22N2O2. The number of carbonyl (C=O) groups is 2. The molecule has 0 spiro atoms. The molecular weight excluding hydrogens is 252 g/mol. The van der Waals surface area contributed by atoms with Crippen LogP contribution in [0.5, 0.6) is 0 Å². The lowest BCUT2D eigenvalue weighted by Crippen LogP contribution is -2.33. The minimum atomic E-state index is -0.0824. The summed E-state index contributed by atoms with van der Waals surface area (Å²) in [5, 5.41) is 2.95. The Kier molecular flexibility index (Phi) is 5.30. The van der Waals surface area contributed by atoms with Gasteiger partial charge in [0.15, 0.2) is 0 Å². The lowest BCUT2D eigenvalue weighted by molar-refractivity contribution is -0.116. The maximum Gasteiger partial charge on any atom is 0.251 e. The third-order valence-electron chi connectivity index (χ3n) is 3.61. The van der Waals surface area contributed by atoms with Crippen molar-refractivity contribution in [1.82, 2.24) is 10.2 Å². The molecule has 2 rings (SSSR count). The Morgan fingerprint density at radius 1 is 1.20 bits per heavy atom. The highest BCUT2D eigenvalue weighted by Crippen LogP contribution is 2.10. The molecule has 1 fully saturated rings. The van der Waals surface area contributed by atoms with E-state index < -0.39 is 0 Å². The van der Waals surface area contributed by atoms with Crippen molar-refractivity contribution in [1.29, 1.82) is 0 Å². The van der Waals surface area contributed by atoms with E-state index in [1.54, 1.807) is 13.0 Å². The van der Waals surface area contributed by atoms with Gasteiger partial charge < -0.3 is 10.2 Å². The molecule has 1 amide bonds. The van der Waals surface area contributed by atoms with Gasteiger partial charge in [0.25, 0.3) is 5.91 Å². The zero-order chi connectivity index (χ0) is 14.4. The number of nitrogens with zero attached hydrogens (tertiary/aromatic N) is 1. The van der Waals surface area contributed by atoms with Crippen LogP contribution >= 0.6 is 0 Å². The van der Waals surface area contributed by atoms with Gasteiger partial charge in [0.05, 0.1) is 0 Å². The van der Waals surface area contributed by atoms with Gasteiger partial charge in [-0.3, -0.25) is 9.59 Å². The molecule has 0 saturated carbocycles. The Labute approximate surface area is 120 Å². The zero-order valence-electron chi connectivity index (χ0n) is 12.0. The van der Waals surface area contributed by atoms with E-state index in [4.69, 9.17) is 0 Å². The number of hydrogen-bond donors (Lipinski definition) is 1. The average molecular weight is 274 g/mol. The normalized spacial score (nSPS) is 15.2. The third kappa shape index (κ3) is 4.17. The van der Waals surface area contributed by atoms with Crippen molar-refractivity contribution in [2.75, 3.05) is 26.2 Å². The first kappa shape index (κ1) is 14.7. The standard InChI is InChI=1S/C16H22N2O2/c1-13(19)12-14-6-2-3-7-15(14)16(20)17-8-11-18-9-4-5-10-18/h2-3,6-7H,4-5,8-12H2,1H3,(H,17,20). The molecule has 0 radical (unpaired) electrons. The first-order valence-corrected chi connectivity index (χ1v) is 7.24. The number of ketones is 1. The van der Waals surface area contributed by atoms with E-state index in [-0.39, 0.29) is 11.7 Å². The monoisotopic (exact) mass is 274 g/mol. The maximum absolute atomic E-state index is 12.2. The molecule has 1 heterocycles. The fourth-order valence-electron chi connectivity index (χ4n) is 2.59. The van der Waals surface area contributed by atoms with Crippen molar-refractivity contribution in [3.05, 3.63) is 35.4 Å². The number of rotatable bonds is 6. The Balaban J connectivity index is 1.89. The number of carbonyl (C=O) groups excluding carboxylic acids is 2. The van der Waals surface area contributed by atoms with E-state index in [1.807, 2.05) is 18.2 Å². The van der Waals surface area contributed by atoms with Gasteiger partial charge in [0.1, 0.15) is 5.78 Å². The second-order valence-corrected chi connectivity index (χ2v) is 5.34. The van der Waals surface area contributed by atoms with Crippen LogP contribution in [0.15, 0.2) is 24.3 Å². The SMILES string of the molecule is CC(=O)Cc1ccccc1C(=O)NCCN1CCCC1. The van der Waals surface area contributed by atoms with Crippen LogP contribution in [-0.2, 0) is 11.2 Å². The summed E-state index contributed by atoms with van der Waals surface area (Å²) in [6.07, 6.45) is 2.83. The molecule has 0 unspecified atom stereocenters. The largest absolute Gasteiger partial charge is 0.351 e. The molecule has 108 valence electrons. The summed E-state index contributed by atoms with van der Waals surface area (Å²) in [6, 6.07) is 7.32. The number of nitrogens with one attached hydrogen (secondary N) is 1. The summed E-state index contributed by atoms with van der Waals surface area (Å²) < 4.78 is 0. The summed E-state index contributed by atoms with van der Waals surface area (Å²) in [4.78, 5) is 25.8. The van der Waals surface area contributed by atoms with Crippen LogP contribution < -0.4 is 5.32 Å². The van der Waals surface area contributed by atoms with Crippen LogP contribution in [0.3, 0.4) is 0 Å². The van der Waals surface area contributed by atoms with E-state index in [0.29, 0.717) is 18.5 Å². The van der Waals surface area contributed by atoms with Gasteiger partial charge in [-0.2, -0.15) is 0 Å². The van der Waals surface area contributed by atoms with Crippen molar-refractivity contribution in [3.63, 3.8) is 0 Å². The van der Waals surface area contributed by atoms with Crippen LogP contribution in [0.4, 0.5) is 0 Å². The molecule has 1 saturated heterocycles. The van der Waals surface area contributed by atoms with E-state index >= 15 is 0 Å². The van der Waals surface area contributed by atoms with Crippen LogP contribution in [0.2, 0.25) is 0 Å². The Morgan fingerprint density at radius 3 is 2.60 bits per heavy atom. The van der Waals surface area contributed by atoms with Gasteiger partial charge >= 0.3 is 0 Å². The fraction of sp³-hybridized carbons (Fsp3) is 0.500. The minimum Gasteiger partial charge on any atom is -0.351 e. The number of Topliss-reactive ketones (excluding diaryl/α,β-unsaturated/α-hetero) is 1. The predicted molar refractivity (Wildman–Crippen MR) is 78.8 cm³/mol. The summed E-state index contributed by atoms with van der Waals surface area (Å²) in [7, 11) is 0. The number of benzene rings is 1. The molecule has 4 nitrogen and oxygen atoms in total. The molecule has 1 aliphatic rings. The van der Waals surface area contributed by atoms with E-state index in [2.05, 4.69) is 10.2 Å². The second kappa shape index (κ2) is 7.20. The average Bonchev–Trinajstić information content (AvgIpc) is 2.91. The molecule has 1 aliphatic heterocycles. The van der Waals surface area contributed by atoms with E-state index in [0.717, 1.165) is 25.2 Å². The molecule has 0 aromatic heterocycles. The van der Waals surface area contributed by atoms with Gasteiger partial charge in [0.2, 0.25) is 0 Å². The molecule has 1 N–H and O–H groups in total. The highest BCUT2D eigenvalue weighted by Gasteiger charge is 2.14. The third-order valence-corrected chi connectivity index (χ3v) is 3.61. The van der Waals surface area contributed by atoms with E-state index in [1.165, 1.54) is 12.8 Å². The van der Waals surface area contributed by atoms with Gasteiger partial charge in [-0.1, -0.05) is 18.2 Å². The van der Waals surface area contributed by atoms with Crippen LogP contribution in [0.25, 0.3) is 0 Å². The van der Waals surface area contributed by atoms with Crippen LogP contribution in [0.1, 0.15) is 35.7 Å². The van der Waals surface area contributed by atoms with Crippen LogP contribution in [0, 0.1) is 0 Å². The highest BCUT2D eigenvalue weighted by molar-refractivity contribution is 5.97. The molecule has 1 aromatic carbocycles. The Bertz CT molecular complexity index is 479. The van der Waals surface area contributed by atoms with Gasteiger partial charge in [-0.15, -0.1) is 0 Å². The zero-order valence-corrected chi connectivity index (χ0v) is 12.0. The fourth-order valence-corrected chi connectivity index (χ4v) is 2.59. The summed E-state index contributed by atoms with van der Waals surface area (Å²) in [6.45, 7) is 5.38. The van der Waals surface area contributed by atoms with Gasteiger partial charge in [0, 0.05) is 25.1 Å². The first-order chi connectivity index (χ1) is 9.66. The molecule has 0 atom stereocenters. The van der Waals surface area contributed by atoms with Crippen molar-refractivity contribution >= 4 is 11.7 Å². The maximum atomic E-state index is 12.2. The topological polar surface area (TPSA) is 49.4 Å². The second-order valence-electron chi connectivity index (χ2n) is 5.34. The smallest absolute Gasteiger partial charge is 0.251 e. The number of likely N-dealkylation sites (tertiary alicyclic amines) is 1. The quantitative estimate of drug-likeness (QED) is 0.858. The number of amides is 1. The van der Waals surface area contributed by atoms with Gasteiger partial charge in [-0.25, -0.2) is 0 Å². The van der Waals surface area contributed by atoms with Crippen molar-refractivity contribution in [3.8, 4) is 0 Å². The van der Waals surface area contributed by atoms with Crippen molar-refractivity contribution in [2.45, 2.75) is 26.2 Å². The van der Waals surface area contributed by atoms with Crippen molar-refractivity contribution in [2.24, 2.45) is 0 Å². The lowest BCUT2D eigenvalue weighted by atomic mass is 10.0. The summed E-state index contributed by atoms with van der Waals surface area (Å²) in [5.74, 6) is -0.0108. The van der Waals surface area contributed by atoms with E-state index in [9.17, 15) is 9.59 Å². The first-order valence-electron chi connectivity index (χ1n) is 7.24. The minimum absolute atomic E-state index is 0.0716.